The van der Waals surface area contributed by atoms with Crippen LogP contribution in [0.25, 0.3) is 0 Å². The molecule has 0 saturated carbocycles. The van der Waals surface area contributed by atoms with Crippen molar-refractivity contribution < 1.29 is 9.84 Å². The Bertz CT molecular complexity index is 396. The lowest BCUT2D eigenvalue weighted by molar-refractivity contribution is 0.369. The molecule has 0 bridgehead atoms. The Morgan fingerprint density at radius 2 is 2.18 bits per heavy atom. The molecular formula is C11H17N3O2S. The molecule has 5 nitrogen and oxygen atoms in total. The van der Waals surface area contributed by atoms with Crippen LogP contribution in [-0.4, -0.2) is 36.3 Å². The van der Waals surface area contributed by atoms with E-state index in [-0.39, 0.29) is 5.75 Å². The predicted molar refractivity (Wildman–Crippen MR) is 70.9 cm³/mol. The minimum absolute atomic E-state index is 0.139. The number of hydrogen-bond donors (Lipinski definition) is 3. The number of phenolic OH excluding ortho intramolecular Hbond substituents is 1. The maximum absolute atomic E-state index is 9.83. The van der Waals surface area contributed by atoms with Crippen LogP contribution in [0.3, 0.4) is 0 Å². The third kappa shape index (κ3) is 3.76. The fraction of sp³-hybridized carbons (Fsp3) is 0.364. The molecule has 1 aromatic rings. The van der Waals surface area contributed by atoms with Gasteiger partial charge in [-0.15, -0.1) is 0 Å². The predicted octanol–water partition coefficient (Wildman–Crippen LogP) is 0.841. The molecule has 17 heavy (non-hydrogen) atoms. The van der Waals surface area contributed by atoms with E-state index in [9.17, 15) is 5.11 Å². The highest BCUT2D eigenvalue weighted by Crippen LogP contribution is 2.28. The van der Waals surface area contributed by atoms with Crippen molar-refractivity contribution in [1.82, 2.24) is 15.8 Å². The van der Waals surface area contributed by atoms with Gasteiger partial charge in [0.05, 0.1) is 7.11 Å². The SMILES string of the molecule is COc1cccc(CNNC(=S)N(C)C)c1O. The largest absolute Gasteiger partial charge is 0.504 e. The van der Waals surface area contributed by atoms with Crippen LogP contribution in [0.15, 0.2) is 18.2 Å². The molecule has 0 aliphatic carbocycles. The summed E-state index contributed by atoms with van der Waals surface area (Å²) in [6, 6.07) is 5.34. The number of nitrogens with zero attached hydrogens (tertiary/aromatic N) is 1. The number of hydrazine groups is 1. The molecule has 1 rings (SSSR count). The third-order valence-electron chi connectivity index (χ3n) is 2.18. The van der Waals surface area contributed by atoms with Gasteiger partial charge in [-0.05, 0) is 18.3 Å². The summed E-state index contributed by atoms with van der Waals surface area (Å²) in [6.45, 7) is 0.441. The van der Waals surface area contributed by atoms with Crippen molar-refractivity contribution in [2.45, 2.75) is 6.54 Å². The molecule has 6 heteroatoms. The van der Waals surface area contributed by atoms with Crippen molar-refractivity contribution in [2.75, 3.05) is 21.2 Å². The van der Waals surface area contributed by atoms with Gasteiger partial charge >= 0.3 is 0 Å². The normalized spacial score (nSPS) is 9.82. The van der Waals surface area contributed by atoms with Crippen LogP contribution in [0, 0.1) is 0 Å². The van der Waals surface area contributed by atoms with Gasteiger partial charge < -0.3 is 14.7 Å². The number of para-hydroxylation sites is 1. The maximum Gasteiger partial charge on any atom is 0.182 e. The zero-order valence-corrected chi connectivity index (χ0v) is 11.0. The lowest BCUT2D eigenvalue weighted by atomic mass is 10.2. The molecule has 0 spiro atoms. The van der Waals surface area contributed by atoms with Gasteiger partial charge in [-0.25, -0.2) is 5.43 Å². The number of nitrogens with one attached hydrogen (secondary N) is 2. The first-order valence-corrected chi connectivity index (χ1v) is 5.52. The highest BCUT2D eigenvalue weighted by Gasteiger charge is 2.06. The summed E-state index contributed by atoms with van der Waals surface area (Å²) in [4.78, 5) is 1.77. The fourth-order valence-corrected chi connectivity index (χ4v) is 1.27. The number of methoxy groups -OCH3 is 1. The van der Waals surface area contributed by atoms with Crippen molar-refractivity contribution in [3.05, 3.63) is 23.8 Å². The number of ether oxygens (including phenoxy) is 1. The molecule has 0 aromatic heterocycles. The first kappa shape index (κ1) is 13.5. The number of phenols is 1. The molecule has 1 aromatic carbocycles. The zero-order chi connectivity index (χ0) is 12.8. The van der Waals surface area contributed by atoms with E-state index in [0.29, 0.717) is 17.4 Å². The molecule has 0 heterocycles. The maximum atomic E-state index is 9.83. The van der Waals surface area contributed by atoms with Gasteiger partial charge in [-0.3, -0.25) is 5.43 Å². The van der Waals surface area contributed by atoms with Gasteiger partial charge in [0.1, 0.15) is 0 Å². The van der Waals surface area contributed by atoms with Crippen molar-refractivity contribution in [2.24, 2.45) is 0 Å². The number of aromatic hydroxyl groups is 1. The summed E-state index contributed by atoms with van der Waals surface area (Å²) < 4.78 is 5.02. The molecule has 0 radical (unpaired) electrons. The standard InChI is InChI=1S/C11H17N3O2S/c1-14(2)11(17)13-12-7-8-5-4-6-9(16-3)10(8)15/h4-6,12,15H,7H2,1-3H3,(H,13,17). The van der Waals surface area contributed by atoms with E-state index in [0.717, 1.165) is 5.56 Å². The Morgan fingerprint density at radius 1 is 1.47 bits per heavy atom. The Labute approximate surface area is 106 Å². The first-order chi connectivity index (χ1) is 8.06. The minimum atomic E-state index is 0.139. The molecule has 0 fully saturated rings. The molecular weight excluding hydrogens is 238 g/mol. The zero-order valence-electron chi connectivity index (χ0n) is 10.2. The second-order valence-electron chi connectivity index (χ2n) is 3.65. The topological polar surface area (TPSA) is 56.8 Å². The molecule has 0 saturated heterocycles. The van der Waals surface area contributed by atoms with Gasteiger partial charge in [-0.2, -0.15) is 0 Å². The quantitative estimate of drug-likeness (QED) is 0.547. The van der Waals surface area contributed by atoms with E-state index in [4.69, 9.17) is 17.0 Å². The van der Waals surface area contributed by atoms with Crippen LogP contribution in [0.4, 0.5) is 0 Å². The van der Waals surface area contributed by atoms with E-state index >= 15 is 0 Å². The van der Waals surface area contributed by atoms with Gasteiger partial charge in [0.25, 0.3) is 0 Å². The molecule has 94 valence electrons. The summed E-state index contributed by atoms with van der Waals surface area (Å²) in [7, 11) is 5.21. The average molecular weight is 255 g/mol. The second kappa shape index (κ2) is 6.27. The van der Waals surface area contributed by atoms with Crippen LogP contribution >= 0.6 is 12.2 Å². The monoisotopic (exact) mass is 255 g/mol. The smallest absolute Gasteiger partial charge is 0.182 e. The molecule has 0 aliphatic rings. The van der Waals surface area contributed by atoms with Gasteiger partial charge in [0.2, 0.25) is 0 Å². The van der Waals surface area contributed by atoms with Crippen LogP contribution in [0.2, 0.25) is 0 Å². The summed E-state index contributed by atoms with van der Waals surface area (Å²) in [6.07, 6.45) is 0. The van der Waals surface area contributed by atoms with E-state index in [1.807, 2.05) is 26.2 Å². The molecule has 0 atom stereocenters. The molecule has 3 N–H and O–H groups in total. The lowest BCUT2D eigenvalue weighted by Crippen LogP contribution is -2.42. The highest BCUT2D eigenvalue weighted by molar-refractivity contribution is 7.80. The van der Waals surface area contributed by atoms with Gasteiger partial charge in [-0.1, -0.05) is 12.1 Å². The van der Waals surface area contributed by atoms with Crippen molar-refractivity contribution in [3.8, 4) is 11.5 Å². The molecule has 0 unspecified atom stereocenters. The second-order valence-corrected chi connectivity index (χ2v) is 4.03. The Balaban J connectivity index is 2.55. The lowest BCUT2D eigenvalue weighted by Gasteiger charge is -2.16. The third-order valence-corrected chi connectivity index (χ3v) is 2.65. The number of benzene rings is 1. The van der Waals surface area contributed by atoms with E-state index < -0.39 is 0 Å². The van der Waals surface area contributed by atoms with Gasteiger partial charge in [0, 0.05) is 26.2 Å². The van der Waals surface area contributed by atoms with Crippen LogP contribution in [0.5, 0.6) is 11.5 Å². The summed E-state index contributed by atoms with van der Waals surface area (Å²) >= 11 is 5.04. The van der Waals surface area contributed by atoms with Crippen LogP contribution < -0.4 is 15.6 Å². The van der Waals surface area contributed by atoms with Crippen molar-refractivity contribution >= 4 is 17.3 Å². The fourth-order valence-electron chi connectivity index (χ4n) is 1.20. The van der Waals surface area contributed by atoms with Crippen LogP contribution in [0.1, 0.15) is 5.56 Å². The highest BCUT2D eigenvalue weighted by atomic mass is 32.1. The van der Waals surface area contributed by atoms with Crippen molar-refractivity contribution in [3.63, 3.8) is 0 Å². The minimum Gasteiger partial charge on any atom is -0.504 e. The summed E-state index contributed by atoms with van der Waals surface area (Å²) in [5.41, 5.74) is 6.51. The van der Waals surface area contributed by atoms with Gasteiger partial charge in [0.15, 0.2) is 16.6 Å². The number of rotatable bonds is 4. The molecule has 0 aliphatic heterocycles. The average Bonchev–Trinajstić information content (AvgIpc) is 2.31. The van der Waals surface area contributed by atoms with Crippen LogP contribution in [-0.2, 0) is 6.54 Å². The van der Waals surface area contributed by atoms with E-state index in [1.165, 1.54) is 7.11 Å². The van der Waals surface area contributed by atoms with E-state index in [2.05, 4.69) is 10.9 Å². The Kier molecular flexibility index (Phi) is 4.99. The molecule has 0 amide bonds. The number of thiocarbonyl (C=S) groups is 1. The van der Waals surface area contributed by atoms with E-state index in [1.54, 1.807) is 11.0 Å². The summed E-state index contributed by atoms with van der Waals surface area (Å²) in [5, 5.41) is 10.4. The summed E-state index contributed by atoms with van der Waals surface area (Å²) in [5.74, 6) is 0.597. The first-order valence-electron chi connectivity index (χ1n) is 5.11. The van der Waals surface area contributed by atoms with Crippen molar-refractivity contribution in [1.29, 1.82) is 0 Å². The number of hydrogen-bond acceptors (Lipinski definition) is 4. The Morgan fingerprint density at radius 3 is 2.76 bits per heavy atom. The Hall–Kier alpha value is -1.53.